The first-order valence-corrected chi connectivity index (χ1v) is 9.93. The lowest BCUT2D eigenvalue weighted by Gasteiger charge is -2.20. The molecule has 146 valence electrons. The van der Waals surface area contributed by atoms with Crippen LogP contribution in [0, 0.1) is 6.92 Å². The molecule has 1 unspecified atom stereocenters. The Morgan fingerprint density at radius 2 is 1.93 bits per heavy atom. The maximum Gasteiger partial charge on any atom is 0.191 e. The van der Waals surface area contributed by atoms with Crippen LogP contribution < -0.4 is 15.5 Å². The van der Waals surface area contributed by atoms with Gasteiger partial charge in [-0.2, -0.15) is 0 Å². The molecule has 1 fully saturated rings. The van der Waals surface area contributed by atoms with Gasteiger partial charge in [0, 0.05) is 45.0 Å². The minimum absolute atomic E-state index is 0.405. The topological polar surface area (TPSA) is 57.5 Å². The van der Waals surface area contributed by atoms with Crippen molar-refractivity contribution in [2.24, 2.45) is 4.99 Å². The molecule has 1 aliphatic heterocycles. The van der Waals surface area contributed by atoms with E-state index in [1.54, 1.807) is 0 Å². The Bertz CT molecular complexity index is 946. The molecule has 0 bridgehead atoms. The van der Waals surface area contributed by atoms with Crippen LogP contribution in [0.1, 0.15) is 12.2 Å². The Morgan fingerprint density at radius 3 is 2.75 bits per heavy atom. The third kappa shape index (κ3) is 3.96. The molecule has 0 amide bonds. The number of aliphatic imine (C=N–C) groups is 1. The van der Waals surface area contributed by atoms with Crippen LogP contribution in [-0.2, 0) is 6.54 Å². The number of aromatic nitrogens is 2. The van der Waals surface area contributed by atoms with Gasteiger partial charge < -0.3 is 20.1 Å². The normalized spacial score (nSPS) is 17.3. The van der Waals surface area contributed by atoms with Crippen LogP contribution in [0.5, 0.6) is 0 Å². The number of para-hydroxylation sites is 3. The molecule has 2 heterocycles. The first kappa shape index (κ1) is 18.3. The Labute approximate surface area is 166 Å². The summed E-state index contributed by atoms with van der Waals surface area (Å²) >= 11 is 0. The summed E-state index contributed by atoms with van der Waals surface area (Å²) in [5.74, 6) is 1.90. The van der Waals surface area contributed by atoms with Gasteiger partial charge in [-0.1, -0.05) is 30.3 Å². The predicted molar refractivity (Wildman–Crippen MR) is 116 cm³/mol. The van der Waals surface area contributed by atoms with E-state index in [1.807, 2.05) is 13.1 Å². The number of aryl methyl sites for hydroxylation is 1. The van der Waals surface area contributed by atoms with Gasteiger partial charge in [0.2, 0.25) is 0 Å². The second-order valence-electron chi connectivity index (χ2n) is 7.21. The molecular weight excluding hydrogens is 348 g/mol. The molecule has 6 nitrogen and oxygen atoms in total. The molecule has 0 aliphatic carbocycles. The van der Waals surface area contributed by atoms with Crippen LogP contribution in [0.25, 0.3) is 11.0 Å². The molecule has 0 radical (unpaired) electrons. The van der Waals surface area contributed by atoms with Crippen molar-refractivity contribution in [3.63, 3.8) is 0 Å². The number of hydrogen-bond acceptors (Lipinski definition) is 3. The van der Waals surface area contributed by atoms with Crippen molar-refractivity contribution in [3.05, 3.63) is 60.4 Å². The first-order valence-electron chi connectivity index (χ1n) is 9.93. The number of nitrogens with one attached hydrogen (secondary N) is 2. The average molecular weight is 377 g/mol. The number of benzene rings is 2. The van der Waals surface area contributed by atoms with Gasteiger partial charge in [0.25, 0.3) is 0 Å². The van der Waals surface area contributed by atoms with Crippen LogP contribution in [0.3, 0.4) is 0 Å². The quantitative estimate of drug-likeness (QED) is 0.531. The van der Waals surface area contributed by atoms with Crippen LogP contribution >= 0.6 is 0 Å². The van der Waals surface area contributed by atoms with E-state index in [9.17, 15) is 0 Å². The molecule has 2 aromatic carbocycles. The Hall–Kier alpha value is -3.02. The predicted octanol–water partition coefficient (Wildman–Crippen LogP) is 2.79. The van der Waals surface area contributed by atoms with E-state index in [2.05, 4.69) is 85.5 Å². The zero-order valence-corrected chi connectivity index (χ0v) is 16.6. The van der Waals surface area contributed by atoms with Gasteiger partial charge in [0.1, 0.15) is 5.82 Å². The van der Waals surface area contributed by atoms with Gasteiger partial charge >= 0.3 is 0 Å². The van der Waals surface area contributed by atoms with Crippen molar-refractivity contribution >= 4 is 22.7 Å². The monoisotopic (exact) mass is 376 g/mol. The summed E-state index contributed by atoms with van der Waals surface area (Å²) in [6, 6.07) is 19.3. The molecule has 0 spiro atoms. The smallest absolute Gasteiger partial charge is 0.191 e. The highest BCUT2D eigenvalue weighted by atomic mass is 15.2. The van der Waals surface area contributed by atoms with Gasteiger partial charge in [0.05, 0.1) is 11.0 Å². The van der Waals surface area contributed by atoms with Crippen LogP contribution in [0.4, 0.5) is 5.69 Å². The second-order valence-corrected chi connectivity index (χ2v) is 7.21. The third-order valence-corrected chi connectivity index (χ3v) is 5.35. The Balaban J connectivity index is 1.30. The van der Waals surface area contributed by atoms with Gasteiger partial charge in [0.15, 0.2) is 5.96 Å². The molecule has 6 heteroatoms. The summed E-state index contributed by atoms with van der Waals surface area (Å²) in [4.78, 5) is 11.5. The van der Waals surface area contributed by atoms with E-state index in [0.29, 0.717) is 6.04 Å². The van der Waals surface area contributed by atoms with Crippen LogP contribution in [-0.4, -0.2) is 48.2 Å². The van der Waals surface area contributed by atoms with E-state index in [0.717, 1.165) is 49.9 Å². The summed E-state index contributed by atoms with van der Waals surface area (Å²) in [5.41, 5.74) is 3.52. The van der Waals surface area contributed by atoms with E-state index in [4.69, 9.17) is 0 Å². The minimum atomic E-state index is 0.405. The molecule has 2 N–H and O–H groups in total. The highest BCUT2D eigenvalue weighted by Gasteiger charge is 2.23. The molecule has 4 rings (SSSR count). The zero-order valence-electron chi connectivity index (χ0n) is 16.6. The molecule has 28 heavy (non-hydrogen) atoms. The number of guanidine groups is 1. The molecular formula is C22H28N6. The molecule has 1 saturated heterocycles. The summed E-state index contributed by atoms with van der Waals surface area (Å²) in [6.45, 7) is 5.78. The minimum Gasteiger partial charge on any atom is -0.369 e. The molecule has 1 aromatic heterocycles. The average Bonchev–Trinajstić information content (AvgIpc) is 3.32. The first-order chi connectivity index (χ1) is 13.7. The van der Waals surface area contributed by atoms with Gasteiger partial charge in [-0.05, 0) is 37.6 Å². The van der Waals surface area contributed by atoms with Crippen molar-refractivity contribution in [2.75, 3.05) is 31.6 Å². The molecule has 0 saturated carbocycles. The molecule has 1 atom stereocenters. The number of rotatable bonds is 5. The molecule has 3 aromatic rings. The summed E-state index contributed by atoms with van der Waals surface area (Å²) in [7, 11) is 1.83. The third-order valence-electron chi connectivity index (χ3n) is 5.35. The Kier molecular flexibility index (Phi) is 5.46. The van der Waals surface area contributed by atoms with Crippen molar-refractivity contribution < 1.29 is 0 Å². The second kappa shape index (κ2) is 8.33. The zero-order chi connectivity index (χ0) is 19.3. The fourth-order valence-electron chi connectivity index (χ4n) is 3.90. The van der Waals surface area contributed by atoms with Crippen molar-refractivity contribution in [2.45, 2.75) is 25.9 Å². The fourth-order valence-corrected chi connectivity index (χ4v) is 3.90. The molecule has 1 aliphatic rings. The maximum absolute atomic E-state index is 4.64. The largest absolute Gasteiger partial charge is 0.369 e. The van der Waals surface area contributed by atoms with E-state index >= 15 is 0 Å². The highest BCUT2D eigenvalue weighted by molar-refractivity contribution is 5.80. The van der Waals surface area contributed by atoms with Crippen LogP contribution in [0.2, 0.25) is 0 Å². The maximum atomic E-state index is 4.64. The van der Waals surface area contributed by atoms with E-state index < -0.39 is 0 Å². The lowest BCUT2D eigenvalue weighted by molar-refractivity contribution is 0.624. The summed E-state index contributed by atoms with van der Waals surface area (Å²) in [5, 5.41) is 7.02. The number of imidazole rings is 1. The summed E-state index contributed by atoms with van der Waals surface area (Å²) in [6.07, 6.45) is 1.11. The number of fused-ring (bicyclic) bond motifs is 1. The Morgan fingerprint density at radius 1 is 1.14 bits per heavy atom. The van der Waals surface area contributed by atoms with E-state index in [-0.39, 0.29) is 0 Å². The van der Waals surface area contributed by atoms with Crippen LogP contribution in [0.15, 0.2) is 59.6 Å². The van der Waals surface area contributed by atoms with Gasteiger partial charge in [-0.3, -0.25) is 4.99 Å². The highest BCUT2D eigenvalue weighted by Crippen LogP contribution is 2.19. The van der Waals surface area contributed by atoms with E-state index in [1.165, 1.54) is 11.2 Å². The number of nitrogens with zero attached hydrogens (tertiary/aromatic N) is 4. The van der Waals surface area contributed by atoms with Gasteiger partial charge in [-0.25, -0.2) is 4.98 Å². The standard InChI is InChI=1S/C22H28N6/c1-17-25-20-10-6-7-11-21(20)28(17)15-13-24-22(23-2)26-18-12-14-27(16-18)19-8-4-3-5-9-19/h3-11,18H,12-16H2,1-2H3,(H2,23,24,26). The number of anilines is 1. The van der Waals surface area contributed by atoms with Crippen molar-refractivity contribution in [1.29, 1.82) is 0 Å². The SMILES string of the molecule is CN=C(NCCn1c(C)nc2ccccc21)NC1CCN(c2ccccc2)C1. The van der Waals surface area contributed by atoms with Crippen molar-refractivity contribution in [1.82, 2.24) is 20.2 Å². The lowest BCUT2D eigenvalue weighted by atomic mass is 10.3. The number of hydrogen-bond donors (Lipinski definition) is 2. The lowest BCUT2D eigenvalue weighted by Crippen LogP contribution is -2.45. The summed E-state index contributed by atoms with van der Waals surface area (Å²) < 4.78 is 2.25. The fraction of sp³-hybridized carbons (Fsp3) is 0.364. The van der Waals surface area contributed by atoms with Gasteiger partial charge in [-0.15, -0.1) is 0 Å². The van der Waals surface area contributed by atoms with Crippen molar-refractivity contribution in [3.8, 4) is 0 Å².